The van der Waals surface area contributed by atoms with Crippen molar-refractivity contribution in [3.8, 4) is 0 Å². The van der Waals surface area contributed by atoms with Gasteiger partial charge >= 0.3 is 33.1 Å². The van der Waals surface area contributed by atoms with Crippen LogP contribution in [0.4, 0.5) is 0 Å². The van der Waals surface area contributed by atoms with Crippen LogP contribution in [0.25, 0.3) is 0 Å². The van der Waals surface area contributed by atoms with Crippen molar-refractivity contribution in [1.29, 1.82) is 0 Å². The minimum Gasteiger partial charge on any atom is -0.481 e. The van der Waals surface area contributed by atoms with E-state index in [2.05, 4.69) is 0 Å². The smallest absolute Gasteiger partial charge is 0.339 e. The van der Waals surface area contributed by atoms with Crippen molar-refractivity contribution >= 4 is 33.1 Å². The molecule has 17 heteroatoms. The fraction of sp³-hybridized carbons (Fsp3) is 0.727. The fourth-order valence-electron chi connectivity index (χ4n) is 2.23. The minimum absolute atomic E-state index is 0.559. The zero-order valence-electron chi connectivity index (χ0n) is 14.3. The molecule has 0 bridgehead atoms. The van der Waals surface area contributed by atoms with Crippen molar-refractivity contribution in [3.63, 3.8) is 0 Å². The number of rotatable bonds is 14. The maximum atomic E-state index is 11.4. The van der Waals surface area contributed by atoms with Crippen LogP contribution >= 0.6 is 15.2 Å². The summed E-state index contributed by atoms with van der Waals surface area (Å²) in [6, 6.07) is -2.11. The predicted molar refractivity (Wildman–Crippen MR) is 89.4 cm³/mol. The molecule has 0 rings (SSSR count). The van der Waals surface area contributed by atoms with E-state index >= 15 is 0 Å². The van der Waals surface area contributed by atoms with E-state index in [0.717, 1.165) is 4.90 Å². The number of aliphatic hydroxyl groups excluding tert-OH is 1. The molecule has 15 nitrogen and oxygen atoms in total. The van der Waals surface area contributed by atoms with E-state index in [1.807, 2.05) is 0 Å². The molecule has 0 saturated carbocycles. The summed E-state index contributed by atoms with van der Waals surface area (Å²) in [5, 5.41) is 36.4. The number of hydrogen-bond acceptors (Lipinski definition) is 8. The Bertz CT molecular complexity index is 635. The van der Waals surface area contributed by atoms with Crippen LogP contribution in [0.15, 0.2) is 0 Å². The van der Waals surface area contributed by atoms with Crippen molar-refractivity contribution in [2.75, 3.05) is 32.2 Å². The number of aliphatic carboxylic acids is 3. The molecule has 0 fully saturated rings. The summed E-state index contributed by atoms with van der Waals surface area (Å²) in [5.41, 5.74) is 0. The van der Waals surface area contributed by atoms with Crippen molar-refractivity contribution in [2.45, 2.75) is 18.6 Å². The molecule has 0 aliphatic carbocycles. The van der Waals surface area contributed by atoms with E-state index in [9.17, 15) is 33.7 Å². The molecule has 28 heavy (non-hydrogen) atoms. The second kappa shape index (κ2) is 11.0. The third-order valence-electron chi connectivity index (χ3n) is 3.28. The van der Waals surface area contributed by atoms with Crippen molar-refractivity contribution in [3.05, 3.63) is 0 Å². The van der Waals surface area contributed by atoms with Gasteiger partial charge in [0.15, 0.2) is 6.10 Å². The van der Waals surface area contributed by atoms with Gasteiger partial charge in [-0.05, 0) is 0 Å². The summed E-state index contributed by atoms with van der Waals surface area (Å²) < 4.78 is 22.2. The number of carbonyl (C=O) groups is 3. The number of hydrogen-bond donors (Lipinski definition) is 8. The largest absolute Gasteiger partial charge is 0.481 e. The van der Waals surface area contributed by atoms with Crippen LogP contribution in [0, 0.1) is 0 Å². The maximum Gasteiger partial charge on any atom is 0.339 e. The van der Waals surface area contributed by atoms with Gasteiger partial charge in [0.1, 0.15) is 18.6 Å². The molecule has 2 atom stereocenters. The molecule has 2 unspecified atom stereocenters. The molecule has 0 amide bonds. The van der Waals surface area contributed by atoms with Gasteiger partial charge in [0.2, 0.25) is 0 Å². The van der Waals surface area contributed by atoms with E-state index in [0.29, 0.717) is 4.90 Å². The molecule has 0 aromatic carbocycles. The van der Waals surface area contributed by atoms with E-state index in [1.165, 1.54) is 0 Å². The molecule has 0 aliphatic heterocycles. The maximum absolute atomic E-state index is 11.4. The zero-order valence-corrected chi connectivity index (χ0v) is 16.1. The van der Waals surface area contributed by atoms with Gasteiger partial charge in [-0.3, -0.25) is 28.5 Å². The highest BCUT2D eigenvalue weighted by Gasteiger charge is 2.37. The average Bonchev–Trinajstić information content (AvgIpc) is 2.45. The van der Waals surface area contributed by atoms with E-state index < -0.39 is 83.9 Å². The molecule has 164 valence electrons. The Labute approximate surface area is 158 Å². The van der Waals surface area contributed by atoms with Crippen LogP contribution in [0.5, 0.6) is 0 Å². The lowest BCUT2D eigenvalue weighted by molar-refractivity contribution is -0.161. The first-order chi connectivity index (χ1) is 12.5. The Hall–Kier alpha value is -1.41. The molecule has 8 N–H and O–H groups in total. The van der Waals surface area contributed by atoms with Crippen LogP contribution in [0.1, 0.15) is 6.42 Å². The van der Waals surface area contributed by atoms with Crippen LogP contribution in [-0.2, 0) is 23.5 Å². The number of nitrogens with zero attached hydrogens (tertiary/aromatic N) is 2. The van der Waals surface area contributed by atoms with Crippen LogP contribution in [0.3, 0.4) is 0 Å². The molecular formula is C11H22N2O13P2. The van der Waals surface area contributed by atoms with Crippen LogP contribution in [0.2, 0.25) is 0 Å². The minimum atomic E-state index is -4.77. The molecular weight excluding hydrogens is 430 g/mol. The average molecular weight is 452 g/mol. The van der Waals surface area contributed by atoms with Gasteiger partial charge in [-0.2, -0.15) is 0 Å². The van der Waals surface area contributed by atoms with Gasteiger partial charge in [-0.15, -0.1) is 0 Å². The lowest BCUT2D eigenvalue weighted by atomic mass is 10.1. The monoisotopic (exact) mass is 452 g/mol. The summed E-state index contributed by atoms with van der Waals surface area (Å²) in [4.78, 5) is 70.4. The zero-order chi connectivity index (χ0) is 22.3. The molecule has 0 aromatic rings. The van der Waals surface area contributed by atoms with Crippen molar-refractivity contribution in [2.24, 2.45) is 0 Å². The van der Waals surface area contributed by atoms with E-state index in [-0.39, 0.29) is 0 Å². The summed E-state index contributed by atoms with van der Waals surface area (Å²) in [7, 11) is -9.53. The van der Waals surface area contributed by atoms with E-state index in [4.69, 9.17) is 29.8 Å². The van der Waals surface area contributed by atoms with Gasteiger partial charge in [-0.1, -0.05) is 0 Å². The summed E-state index contributed by atoms with van der Waals surface area (Å²) in [5.74, 6) is -5.09. The normalized spacial score (nSPS) is 14.8. The number of carboxylic acids is 3. The van der Waals surface area contributed by atoms with Crippen molar-refractivity contribution in [1.82, 2.24) is 9.80 Å². The molecule has 0 spiro atoms. The van der Waals surface area contributed by atoms with Crippen LogP contribution in [-0.4, -0.2) is 112 Å². The highest BCUT2D eigenvalue weighted by molar-refractivity contribution is 7.52. The first-order valence-corrected chi connectivity index (χ1v) is 11.0. The van der Waals surface area contributed by atoms with Gasteiger partial charge < -0.3 is 40.0 Å². The Kier molecular flexibility index (Phi) is 10.4. The highest BCUT2D eigenvalue weighted by Crippen LogP contribution is 2.40. The first kappa shape index (κ1) is 26.6. The first-order valence-electron chi connectivity index (χ1n) is 7.44. The van der Waals surface area contributed by atoms with Gasteiger partial charge in [0.25, 0.3) is 0 Å². The molecule has 0 aromatic heterocycles. The highest BCUT2D eigenvalue weighted by atomic mass is 31.2. The van der Waals surface area contributed by atoms with Gasteiger partial charge in [-0.25, -0.2) is 4.79 Å². The molecule has 0 heterocycles. The standard InChI is InChI=1S/C11H22N2O13P2/c14-7(15)1-2-13(8(10(17)18)9(16)11(19)20)4-3-12(5-27(21,22)23)6-28(24,25)26/h8-9,16H,1-6H2,(H,14,15)(H,17,18)(H,19,20)(H2,21,22,23)(H2,24,25,26). The third kappa shape index (κ3) is 11.4. The Balaban J connectivity index is 5.55. The number of aliphatic hydroxyl groups is 1. The van der Waals surface area contributed by atoms with Gasteiger partial charge in [0, 0.05) is 19.6 Å². The lowest BCUT2D eigenvalue weighted by Gasteiger charge is -2.32. The number of carboxylic acid groups (broad SMARTS) is 3. The quantitative estimate of drug-likeness (QED) is 0.124. The second-order valence-electron chi connectivity index (χ2n) is 5.75. The summed E-state index contributed by atoms with van der Waals surface area (Å²) in [6.45, 7) is -1.68. The Morgan fingerprint density at radius 3 is 1.57 bits per heavy atom. The topological polar surface area (TPSA) is 254 Å². The summed E-state index contributed by atoms with van der Waals surface area (Å²) in [6.07, 6.45) is -5.30. The Morgan fingerprint density at radius 2 is 1.25 bits per heavy atom. The summed E-state index contributed by atoms with van der Waals surface area (Å²) >= 11 is 0. The lowest BCUT2D eigenvalue weighted by Crippen LogP contribution is -2.54. The second-order valence-corrected chi connectivity index (χ2v) is 8.98. The molecule has 0 aliphatic rings. The predicted octanol–water partition coefficient (Wildman–Crippen LogP) is -2.77. The molecule has 0 saturated heterocycles. The third-order valence-corrected chi connectivity index (χ3v) is 4.82. The fourth-order valence-corrected chi connectivity index (χ4v) is 3.92. The van der Waals surface area contributed by atoms with Crippen molar-refractivity contribution < 1.29 is 63.5 Å². The van der Waals surface area contributed by atoms with E-state index in [1.54, 1.807) is 0 Å². The molecule has 0 radical (unpaired) electrons. The SMILES string of the molecule is O=C(O)CCN(CCN(CP(=O)(O)O)CP(=O)(O)O)C(C(=O)O)C(O)C(=O)O. The Morgan fingerprint density at radius 1 is 0.786 bits per heavy atom. The van der Waals surface area contributed by atoms with Gasteiger partial charge in [0.05, 0.1) is 6.42 Å². The van der Waals surface area contributed by atoms with Crippen LogP contribution < -0.4 is 0 Å².